The van der Waals surface area contributed by atoms with Gasteiger partial charge in [0.2, 0.25) is 5.91 Å². The summed E-state index contributed by atoms with van der Waals surface area (Å²) in [7, 11) is 0. The SMILES string of the molecule is O=C(Cc1ccc(Br)cc1)NCc1cc[nH]c1. The van der Waals surface area contributed by atoms with E-state index in [4.69, 9.17) is 0 Å². The molecule has 2 N–H and O–H groups in total. The highest BCUT2D eigenvalue weighted by Gasteiger charge is 2.03. The van der Waals surface area contributed by atoms with Crippen molar-refractivity contribution in [1.29, 1.82) is 0 Å². The molecule has 0 radical (unpaired) electrons. The number of hydrogen-bond donors (Lipinski definition) is 2. The molecule has 0 saturated carbocycles. The van der Waals surface area contributed by atoms with Crippen molar-refractivity contribution in [2.45, 2.75) is 13.0 Å². The maximum Gasteiger partial charge on any atom is 0.224 e. The number of aromatic nitrogens is 1. The highest BCUT2D eigenvalue weighted by Crippen LogP contribution is 2.10. The van der Waals surface area contributed by atoms with Crippen LogP contribution in [0.5, 0.6) is 0 Å². The first kappa shape index (κ1) is 11.9. The molecule has 3 nitrogen and oxygen atoms in total. The third kappa shape index (κ3) is 3.75. The Morgan fingerprint density at radius 1 is 1.18 bits per heavy atom. The first-order chi connectivity index (χ1) is 8.24. The zero-order valence-corrected chi connectivity index (χ0v) is 10.8. The van der Waals surface area contributed by atoms with Gasteiger partial charge in [-0.05, 0) is 29.3 Å². The lowest BCUT2D eigenvalue weighted by molar-refractivity contribution is -0.120. The molecule has 0 fully saturated rings. The number of carbonyl (C=O) groups excluding carboxylic acids is 1. The van der Waals surface area contributed by atoms with E-state index >= 15 is 0 Å². The Balaban J connectivity index is 1.83. The third-order valence-corrected chi connectivity index (χ3v) is 2.96. The Morgan fingerprint density at radius 3 is 2.59 bits per heavy atom. The molecule has 2 aromatic rings. The van der Waals surface area contributed by atoms with Crippen molar-refractivity contribution in [1.82, 2.24) is 10.3 Å². The Hall–Kier alpha value is -1.55. The van der Waals surface area contributed by atoms with E-state index < -0.39 is 0 Å². The Kier molecular flexibility index (Phi) is 3.98. The molecule has 0 unspecified atom stereocenters. The van der Waals surface area contributed by atoms with E-state index in [-0.39, 0.29) is 5.91 Å². The first-order valence-electron chi connectivity index (χ1n) is 5.37. The molecule has 0 bridgehead atoms. The van der Waals surface area contributed by atoms with Gasteiger partial charge in [0.1, 0.15) is 0 Å². The number of hydrogen-bond acceptors (Lipinski definition) is 1. The van der Waals surface area contributed by atoms with Crippen LogP contribution in [-0.4, -0.2) is 10.9 Å². The standard InChI is InChI=1S/C13H13BrN2O/c14-12-3-1-10(2-4-12)7-13(17)16-9-11-5-6-15-8-11/h1-6,8,15H,7,9H2,(H,16,17). The number of aromatic amines is 1. The van der Waals surface area contributed by atoms with Gasteiger partial charge in [0.25, 0.3) is 0 Å². The van der Waals surface area contributed by atoms with Crippen molar-refractivity contribution >= 4 is 21.8 Å². The molecule has 88 valence electrons. The largest absolute Gasteiger partial charge is 0.367 e. The maximum atomic E-state index is 11.7. The molecular weight excluding hydrogens is 280 g/mol. The van der Waals surface area contributed by atoms with Crippen LogP contribution < -0.4 is 5.32 Å². The fourth-order valence-corrected chi connectivity index (χ4v) is 1.78. The fourth-order valence-electron chi connectivity index (χ4n) is 1.52. The quantitative estimate of drug-likeness (QED) is 0.894. The van der Waals surface area contributed by atoms with E-state index in [0.29, 0.717) is 13.0 Å². The summed E-state index contributed by atoms with van der Waals surface area (Å²) in [6.07, 6.45) is 4.13. The topological polar surface area (TPSA) is 44.9 Å². The van der Waals surface area contributed by atoms with Crippen molar-refractivity contribution in [3.63, 3.8) is 0 Å². The first-order valence-corrected chi connectivity index (χ1v) is 6.16. The molecule has 0 spiro atoms. The van der Waals surface area contributed by atoms with Gasteiger partial charge in [0.05, 0.1) is 6.42 Å². The summed E-state index contributed by atoms with van der Waals surface area (Å²) < 4.78 is 1.02. The molecule has 1 amide bonds. The number of rotatable bonds is 4. The number of benzene rings is 1. The average Bonchev–Trinajstić information content (AvgIpc) is 2.83. The maximum absolute atomic E-state index is 11.7. The van der Waals surface area contributed by atoms with Gasteiger partial charge in [-0.2, -0.15) is 0 Å². The predicted molar refractivity (Wildman–Crippen MR) is 70.5 cm³/mol. The number of carbonyl (C=O) groups is 1. The minimum Gasteiger partial charge on any atom is -0.367 e. The number of H-pyrrole nitrogens is 1. The van der Waals surface area contributed by atoms with Gasteiger partial charge < -0.3 is 10.3 Å². The van der Waals surface area contributed by atoms with E-state index in [1.165, 1.54) is 0 Å². The molecule has 4 heteroatoms. The van der Waals surface area contributed by atoms with E-state index in [1.54, 1.807) is 0 Å². The summed E-state index contributed by atoms with van der Waals surface area (Å²) in [6.45, 7) is 0.568. The van der Waals surface area contributed by atoms with Crippen LogP contribution in [0.3, 0.4) is 0 Å². The van der Waals surface area contributed by atoms with E-state index in [1.807, 2.05) is 42.7 Å². The minimum absolute atomic E-state index is 0.0357. The molecule has 1 aromatic heterocycles. The summed E-state index contributed by atoms with van der Waals surface area (Å²) in [4.78, 5) is 14.6. The lowest BCUT2D eigenvalue weighted by atomic mass is 10.1. The van der Waals surface area contributed by atoms with Crippen LogP contribution in [0.15, 0.2) is 47.2 Å². The molecule has 1 aromatic carbocycles. The lowest BCUT2D eigenvalue weighted by Crippen LogP contribution is -2.24. The second-order valence-electron chi connectivity index (χ2n) is 3.80. The second kappa shape index (κ2) is 5.68. The Morgan fingerprint density at radius 2 is 1.94 bits per heavy atom. The third-order valence-electron chi connectivity index (χ3n) is 2.43. The minimum atomic E-state index is 0.0357. The van der Waals surface area contributed by atoms with E-state index in [9.17, 15) is 4.79 Å². The van der Waals surface area contributed by atoms with E-state index in [0.717, 1.165) is 15.6 Å². The highest BCUT2D eigenvalue weighted by molar-refractivity contribution is 9.10. The Labute approximate surface area is 108 Å². The summed E-state index contributed by atoms with van der Waals surface area (Å²) in [5.74, 6) is 0.0357. The molecule has 17 heavy (non-hydrogen) atoms. The monoisotopic (exact) mass is 292 g/mol. The van der Waals surface area contributed by atoms with Gasteiger partial charge in [0.15, 0.2) is 0 Å². The summed E-state index contributed by atoms with van der Waals surface area (Å²) in [6, 6.07) is 9.71. The molecular formula is C13H13BrN2O. The van der Waals surface area contributed by atoms with Gasteiger partial charge in [0, 0.05) is 23.4 Å². The van der Waals surface area contributed by atoms with Crippen LogP contribution in [0.4, 0.5) is 0 Å². The molecule has 0 aliphatic heterocycles. The molecule has 1 heterocycles. The van der Waals surface area contributed by atoms with Gasteiger partial charge in [-0.15, -0.1) is 0 Å². The van der Waals surface area contributed by atoms with Crippen molar-refractivity contribution in [2.24, 2.45) is 0 Å². The average molecular weight is 293 g/mol. The molecule has 2 rings (SSSR count). The normalized spacial score (nSPS) is 10.2. The molecule has 0 aliphatic carbocycles. The summed E-state index contributed by atoms with van der Waals surface area (Å²) in [5.41, 5.74) is 2.09. The van der Waals surface area contributed by atoms with E-state index in [2.05, 4.69) is 26.2 Å². The summed E-state index contributed by atoms with van der Waals surface area (Å²) in [5, 5.41) is 2.88. The van der Waals surface area contributed by atoms with Crippen molar-refractivity contribution in [2.75, 3.05) is 0 Å². The Bertz CT molecular complexity index is 477. The lowest BCUT2D eigenvalue weighted by Gasteiger charge is -2.04. The zero-order chi connectivity index (χ0) is 12.1. The van der Waals surface area contributed by atoms with Crippen LogP contribution in [0, 0.1) is 0 Å². The number of nitrogens with one attached hydrogen (secondary N) is 2. The van der Waals surface area contributed by atoms with Crippen molar-refractivity contribution in [3.05, 3.63) is 58.3 Å². The summed E-state index contributed by atoms with van der Waals surface area (Å²) >= 11 is 3.36. The van der Waals surface area contributed by atoms with Gasteiger partial charge >= 0.3 is 0 Å². The van der Waals surface area contributed by atoms with Crippen LogP contribution in [-0.2, 0) is 17.8 Å². The van der Waals surface area contributed by atoms with Crippen LogP contribution in [0.25, 0.3) is 0 Å². The number of amides is 1. The molecule has 0 aliphatic rings. The van der Waals surface area contributed by atoms with Crippen LogP contribution >= 0.6 is 15.9 Å². The van der Waals surface area contributed by atoms with Gasteiger partial charge in [-0.3, -0.25) is 4.79 Å². The second-order valence-corrected chi connectivity index (χ2v) is 4.71. The molecule has 0 saturated heterocycles. The predicted octanol–water partition coefficient (Wildman–Crippen LogP) is 2.64. The van der Waals surface area contributed by atoms with Crippen LogP contribution in [0.1, 0.15) is 11.1 Å². The van der Waals surface area contributed by atoms with Gasteiger partial charge in [-0.25, -0.2) is 0 Å². The van der Waals surface area contributed by atoms with Crippen LogP contribution in [0.2, 0.25) is 0 Å². The number of halogens is 1. The van der Waals surface area contributed by atoms with Crippen molar-refractivity contribution < 1.29 is 4.79 Å². The highest BCUT2D eigenvalue weighted by atomic mass is 79.9. The smallest absolute Gasteiger partial charge is 0.224 e. The molecule has 0 atom stereocenters. The van der Waals surface area contributed by atoms with Gasteiger partial charge in [-0.1, -0.05) is 28.1 Å². The zero-order valence-electron chi connectivity index (χ0n) is 9.24. The fraction of sp³-hybridized carbons (Fsp3) is 0.154. The van der Waals surface area contributed by atoms with Crippen molar-refractivity contribution in [3.8, 4) is 0 Å².